The van der Waals surface area contributed by atoms with Crippen molar-refractivity contribution in [3.05, 3.63) is 63.9 Å². The number of anilines is 3. The summed E-state index contributed by atoms with van der Waals surface area (Å²) >= 11 is 7.58. The smallest absolute Gasteiger partial charge is 0.230 e. The Kier molecular flexibility index (Phi) is 5.53. The van der Waals surface area contributed by atoms with E-state index in [9.17, 15) is 4.79 Å². The van der Waals surface area contributed by atoms with Crippen molar-refractivity contribution >= 4 is 46.0 Å². The Hall–Kier alpha value is -2.57. The predicted molar refractivity (Wildman–Crippen MR) is 102 cm³/mol. The molecule has 0 atom stereocenters. The molecule has 5 nitrogen and oxygen atoms in total. The number of halogens is 1. The minimum Gasteiger partial charge on any atom is -0.495 e. The molecule has 7 heteroatoms. The Labute approximate surface area is 154 Å². The summed E-state index contributed by atoms with van der Waals surface area (Å²) in [4.78, 5) is 17.3. The second kappa shape index (κ2) is 8.00. The normalized spacial score (nSPS) is 10.3. The number of methoxy groups -OCH3 is 1. The van der Waals surface area contributed by atoms with E-state index >= 15 is 0 Å². The number of carbonyl (C=O) groups is 1. The molecule has 2 aromatic heterocycles. The first kappa shape index (κ1) is 17.3. The highest BCUT2D eigenvalue weighted by molar-refractivity contribution is 7.10. The Morgan fingerprint density at radius 3 is 2.84 bits per heavy atom. The van der Waals surface area contributed by atoms with Crippen molar-refractivity contribution in [2.24, 2.45) is 0 Å². The molecular weight excluding hydrogens is 358 g/mol. The molecule has 0 bridgehead atoms. The summed E-state index contributed by atoms with van der Waals surface area (Å²) in [5.41, 5.74) is 1.50. The molecule has 0 spiro atoms. The van der Waals surface area contributed by atoms with E-state index in [1.165, 1.54) is 0 Å². The SMILES string of the molecule is COc1ccc(Cl)cc1Nc1ccc(NC(=O)Cc2cccs2)nc1. The topological polar surface area (TPSA) is 63.2 Å². The molecule has 0 aliphatic heterocycles. The van der Waals surface area contributed by atoms with Gasteiger partial charge >= 0.3 is 0 Å². The lowest BCUT2D eigenvalue weighted by Crippen LogP contribution is -2.14. The minimum atomic E-state index is -0.0906. The molecule has 0 saturated carbocycles. The summed E-state index contributed by atoms with van der Waals surface area (Å²) in [6, 6.07) is 12.8. The Morgan fingerprint density at radius 2 is 2.16 bits per heavy atom. The zero-order valence-corrected chi connectivity index (χ0v) is 15.0. The van der Waals surface area contributed by atoms with Crippen molar-refractivity contribution in [3.8, 4) is 5.75 Å². The van der Waals surface area contributed by atoms with Gasteiger partial charge in [-0.1, -0.05) is 17.7 Å². The van der Waals surface area contributed by atoms with E-state index in [4.69, 9.17) is 16.3 Å². The molecule has 1 aromatic carbocycles. The van der Waals surface area contributed by atoms with E-state index < -0.39 is 0 Å². The van der Waals surface area contributed by atoms with Crippen LogP contribution in [0.1, 0.15) is 4.88 Å². The number of nitrogens with zero attached hydrogens (tertiary/aromatic N) is 1. The number of rotatable bonds is 6. The second-order valence-electron chi connectivity index (χ2n) is 5.21. The van der Waals surface area contributed by atoms with Gasteiger partial charge in [0.1, 0.15) is 11.6 Å². The van der Waals surface area contributed by atoms with Crippen LogP contribution in [0.15, 0.2) is 54.0 Å². The van der Waals surface area contributed by atoms with Crippen molar-refractivity contribution in [2.45, 2.75) is 6.42 Å². The molecule has 0 aliphatic carbocycles. The fraction of sp³-hybridized carbons (Fsp3) is 0.111. The second-order valence-corrected chi connectivity index (χ2v) is 6.67. The van der Waals surface area contributed by atoms with Crippen molar-refractivity contribution in [3.63, 3.8) is 0 Å². The molecular formula is C18H16ClN3O2S. The maximum Gasteiger partial charge on any atom is 0.230 e. The monoisotopic (exact) mass is 373 g/mol. The average Bonchev–Trinajstić information content (AvgIpc) is 3.10. The number of thiophene rings is 1. The lowest BCUT2D eigenvalue weighted by Gasteiger charge is -2.12. The van der Waals surface area contributed by atoms with Gasteiger partial charge in [-0.05, 0) is 41.8 Å². The lowest BCUT2D eigenvalue weighted by molar-refractivity contribution is -0.115. The van der Waals surface area contributed by atoms with Crippen LogP contribution in [0.5, 0.6) is 5.75 Å². The largest absolute Gasteiger partial charge is 0.495 e. The fourth-order valence-corrected chi connectivity index (χ4v) is 3.11. The van der Waals surface area contributed by atoms with E-state index in [-0.39, 0.29) is 5.91 Å². The Morgan fingerprint density at radius 1 is 1.28 bits per heavy atom. The summed E-state index contributed by atoms with van der Waals surface area (Å²) in [5, 5.41) is 8.54. The molecule has 0 fully saturated rings. The summed E-state index contributed by atoms with van der Waals surface area (Å²) in [7, 11) is 1.60. The van der Waals surface area contributed by atoms with Crippen molar-refractivity contribution in [2.75, 3.05) is 17.7 Å². The van der Waals surface area contributed by atoms with Gasteiger partial charge in [-0.25, -0.2) is 4.98 Å². The zero-order chi connectivity index (χ0) is 17.6. The summed E-state index contributed by atoms with van der Waals surface area (Å²) < 4.78 is 5.30. The third kappa shape index (κ3) is 4.71. The molecule has 0 aliphatic rings. The molecule has 3 rings (SSSR count). The van der Waals surface area contributed by atoms with Gasteiger partial charge in [0.05, 0.1) is 31.1 Å². The van der Waals surface area contributed by atoms with Crippen LogP contribution in [0.4, 0.5) is 17.2 Å². The van der Waals surface area contributed by atoms with Crippen LogP contribution in [0.3, 0.4) is 0 Å². The highest BCUT2D eigenvalue weighted by atomic mass is 35.5. The first-order valence-corrected chi connectivity index (χ1v) is 8.78. The predicted octanol–water partition coefficient (Wildman–Crippen LogP) is 4.73. The Bertz CT molecular complexity index is 851. The van der Waals surface area contributed by atoms with Crippen LogP contribution in [0.2, 0.25) is 5.02 Å². The lowest BCUT2D eigenvalue weighted by atomic mass is 10.2. The third-order valence-corrected chi connectivity index (χ3v) is 4.50. The van der Waals surface area contributed by atoms with Crippen LogP contribution in [-0.4, -0.2) is 18.0 Å². The van der Waals surface area contributed by atoms with Gasteiger partial charge in [0.25, 0.3) is 0 Å². The van der Waals surface area contributed by atoms with Crippen molar-refractivity contribution < 1.29 is 9.53 Å². The molecule has 25 heavy (non-hydrogen) atoms. The Balaban J connectivity index is 1.64. The molecule has 128 valence electrons. The number of ether oxygens (including phenoxy) is 1. The molecule has 1 amide bonds. The molecule has 2 heterocycles. The van der Waals surface area contributed by atoms with Crippen LogP contribution in [0, 0.1) is 0 Å². The maximum absolute atomic E-state index is 12.0. The average molecular weight is 374 g/mol. The first-order chi connectivity index (χ1) is 12.1. The highest BCUT2D eigenvalue weighted by Gasteiger charge is 2.07. The molecule has 0 radical (unpaired) electrons. The number of pyridine rings is 1. The van der Waals surface area contributed by atoms with Crippen LogP contribution in [0.25, 0.3) is 0 Å². The van der Waals surface area contributed by atoms with E-state index in [1.54, 1.807) is 48.9 Å². The zero-order valence-electron chi connectivity index (χ0n) is 13.5. The first-order valence-electron chi connectivity index (χ1n) is 7.53. The van der Waals surface area contributed by atoms with E-state index in [0.29, 0.717) is 23.0 Å². The number of hydrogen-bond acceptors (Lipinski definition) is 5. The van der Waals surface area contributed by atoms with Crippen LogP contribution in [-0.2, 0) is 11.2 Å². The van der Waals surface area contributed by atoms with Gasteiger partial charge in [0, 0.05) is 9.90 Å². The molecule has 2 N–H and O–H groups in total. The number of benzene rings is 1. The summed E-state index contributed by atoms with van der Waals surface area (Å²) in [6.45, 7) is 0. The number of aromatic nitrogens is 1. The minimum absolute atomic E-state index is 0.0906. The van der Waals surface area contributed by atoms with Gasteiger partial charge in [-0.15, -0.1) is 11.3 Å². The summed E-state index contributed by atoms with van der Waals surface area (Å²) in [5.74, 6) is 1.09. The molecule has 0 saturated heterocycles. The number of hydrogen-bond donors (Lipinski definition) is 2. The molecule has 0 unspecified atom stereocenters. The highest BCUT2D eigenvalue weighted by Crippen LogP contribution is 2.30. The third-order valence-electron chi connectivity index (χ3n) is 3.39. The molecule has 3 aromatic rings. The standard InChI is InChI=1S/C18H16ClN3O2S/c1-24-16-6-4-12(19)9-15(16)21-13-5-7-17(20-11-13)22-18(23)10-14-3-2-8-25-14/h2-9,11,21H,10H2,1H3,(H,20,22,23). The number of nitrogens with one attached hydrogen (secondary N) is 2. The quantitative estimate of drug-likeness (QED) is 0.655. The van der Waals surface area contributed by atoms with Crippen LogP contribution < -0.4 is 15.4 Å². The van der Waals surface area contributed by atoms with Gasteiger partial charge in [-0.2, -0.15) is 0 Å². The van der Waals surface area contributed by atoms with Crippen molar-refractivity contribution in [1.29, 1.82) is 0 Å². The van der Waals surface area contributed by atoms with Crippen LogP contribution >= 0.6 is 22.9 Å². The van der Waals surface area contributed by atoms with E-state index in [1.807, 2.05) is 23.6 Å². The van der Waals surface area contributed by atoms with E-state index in [0.717, 1.165) is 16.3 Å². The van der Waals surface area contributed by atoms with Gasteiger partial charge in [0.2, 0.25) is 5.91 Å². The van der Waals surface area contributed by atoms with Gasteiger partial charge in [0.15, 0.2) is 0 Å². The van der Waals surface area contributed by atoms with Gasteiger partial charge in [-0.3, -0.25) is 4.79 Å². The van der Waals surface area contributed by atoms with E-state index in [2.05, 4.69) is 15.6 Å². The fourth-order valence-electron chi connectivity index (χ4n) is 2.23. The number of carbonyl (C=O) groups excluding carboxylic acids is 1. The summed E-state index contributed by atoms with van der Waals surface area (Å²) in [6.07, 6.45) is 1.99. The number of amides is 1. The maximum atomic E-state index is 12.0. The van der Waals surface area contributed by atoms with Gasteiger partial charge < -0.3 is 15.4 Å². The van der Waals surface area contributed by atoms with Crippen molar-refractivity contribution in [1.82, 2.24) is 4.98 Å².